The van der Waals surface area contributed by atoms with E-state index < -0.39 is 24.8 Å². The van der Waals surface area contributed by atoms with Crippen molar-refractivity contribution >= 4 is 6.03 Å². The Morgan fingerprint density at radius 2 is 2.29 bits per heavy atom. The molecule has 0 spiro atoms. The molecule has 82 valence electrons. The molecule has 14 heavy (non-hydrogen) atoms. The highest BCUT2D eigenvalue weighted by atomic mass is 16.4. The van der Waals surface area contributed by atoms with Gasteiger partial charge in [-0.2, -0.15) is 0 Å². The second-order valence-corrected chi connectivity index (χ2v) is 2.92. The Hall–Kier alpha value is -0.930. The van der Waals surface area contributed by atoms with Crippen molar-refractivity contribution in [2.75, 3.05) is 19.8 Å². The Morgan fingerprint density at radius 3 is 2.71 bits per heavy atom. The maximum Gasteiger partial charge on any atom is 0.320 e. The summed E-state index contributed by atoms with van der Waals surface area (Å²) in [6.07, 6.45) is -1.41. The molecule has 0 bridgehead atoms. The molecule has 1 heterocycles. The summed E-state index contributed by atoms with van der Waals surface area (Å²) in [6, 6.07) is -1.04. The van der Waals surface area contributed by atoms with Crippen molar-refractivity contribution in [2.45, 2.75) is 12.1 Å². The quantitative estimate of drug-likeness (QED) is 0.260. The van der Waals surface area contributed by atoms with Crippen LogP contribution in [0, 0.1) is 0 Å². The van der Waals surface area contributed by atoms with E-state index in [-0.39, 0.29) is 0 Å². The largest absolute Gasteiger partial charge is 0.376 e. The number of urea groups is 1. The molecule has 2 unspecified atom stereocenters. The molecule has 0 saturated carbocycles. The molecule has 1 saturated heterocycles. The van der Waals surface area contributed by atoms with Gasteiger partial charge in [-0.15, -0.1) is 0 Å². The van der Waals surface area contributed by atoms with Gasteiger partial charge in [-0.1, -0.05) is 0 Å². The van der Waals surface area contributed by atoms with Crippen molar-refractivity contribution in [1.82, 2.24) is 15.5 Å². The molecule has 0 aliphatic carbocycles. The van der Waals surface area contributed by atoms with Gasteiger partial charge in [0.15, 0.2) is 6.23 Å². The molecule has 1 aliphatic rings. The lowest BCUT2D eigenvalue weighted by Crippen LogP contribution is -2.75. The molecule has 2 atom stereocenters. The minimum absolute atomic E-state index is 0.331. The highest BCUT2D eigenvalue weighted by molar-refractivity contribution is 5.72. The van der Waals surface area contributed by atoms with E-state index in [9.17, 15) is 15.0 Å². The second-order valence-electron chi connectivity index (χ2n) is 2.92. The number of nitrogens with two attached hydrogens (primary N) is 1. The molecule has 8 heteroatoms. The average Bonchev–Trinajstić information content (AvgIpc) is 2.11. The van der Waals surface area contributed by atoms with Crippen LogP contribution in [-0.2, 0) is 0 Å². The molecule has 2 amide bonds. The minimum Gasteiger partial charge on any atom is -0.376 e. The van der Waals surface area contributed by atoms with Crippen molar-refractivity contribution in [3.05, 3.63) is 0 Å². The summed E-state index contributed by atoms with van der Waals surface area (Å²) in [6.45, 7) is -0.0313. The van der Waals surface area contributed by atoms with Gasteiger partial charge in [0.25, 0.3) is 0 Å². The molecule has 0 aromatic rings. The van der Waals surface area contributed by atoms with Crippen molar-refractivity contribution in [2.24, 2.45) is 5.73 Å². The maximum absolute atomic E-state index is 10.8. The zero-order valence-corrected chi connectivity index (χ0v) is 7.47. The van der Waals surface area contributed by atoms with Gasteiger partial charge in [0.2, 0.25) is 5.85 Å². The number of carbonyl (C=O) groups is 1. The number of nitrogens with one attached hydrogen (secondary N) is 2. The van der Waals surface area contributed by atoms with Crippen LogP contribution in [0.15, 0.2) is 0 Å². The number of primary amides is 1. The van der Waals surface area contributed by atoms with E-state index in [1.165, 1.54) is 0 Å². The Balaban J connectivity index is 2.83. The van der Waals surface area contributed by atoms with Gasteiger partial charge in [0.05, 0.1) is 0 Å². The van der Waals surface area contributed by atoms with Gasteiger partial charge in [0, 0.05) is 13.1 Å². The van der Waals surface area contributed by atoms with Crippen molar-refractivity contribution in [3.63, 3.8) is 0 Å². The number of rotatable bonds is 2. The summed E-state index contributed by atoms with van der Waals surface area (Å²) in [7, 11) is 0. The topological polar surface area (TPSA) is 131 Å². The maximum atomic E-state index is 10.8. The zero-order valence-electron chi connectivity index (χ0n) is 7.47. The zero-order chi connectivity index (χ0) is 10.8. The van der Waals surface area contributed by atoms with E-state index >= 15 is 0 Å². The fourth-order valence-corrected chi connectivity index (χ4v) is 1.28. The summed E-state index contributed by atoms with van der Waals surface area (Å²) in [5, 5.41) is 33.0. The van der Waals surface area contributed by atoms with E-state index in [1.807, 2.05) is 0 Å². The molecule has 0 aromatic carbocycles. The van der Waals surface area contributed by atoms with Gasteiger partial charge in [-0.05, 0) is 0 Å². The Morgan fingerprint density at radius 1 is 1.64 bits per heavy atom. The fourth-order valence-electron chi connectivity index (χ4n) is 1.28. The predicted octanol–water partition coefficient (Wildman–Crippen LogP) is -3.53. The first-order valence-electron chi connectivity index (χ1n) is 4.09. The van der Waals surface area contributed by atoms with Gasteiger partial charge in [0.1, 0.15) is 6.73 Å². The first-order chi connectivity index (χ1) is 6.52. The smallest absolute Gasteiger partial charge is 0.320 e. The van der Waals surface area contributed by atoms with Crippen molar-refractivity contribution in [3.8, 4) is 0 Å². The molecule has 7 N–H and O–H groups in total. The Kier molecular flexibility index (Phi) is 3.24. The van der Waals surface area contributed by atoms with Gasteiger partial charge >= 0.3 is 6.03 Å². The summed E-state index contributed by atoms with van der Waals surface area (Å²) in [5.41, 5.74) is 4.91. The Labute approximate surface area is 80.3 Å². The number of hydrogen-bond donors (Lipinski definition) is 6. The molecule has 0 aromatic heterocycles. The normalized spacial score (nSPS) is 32.6. The van der Waals surface area contributed by atoms with E-state index in [0.29, 0.717) is 18.0 Å². The summed E-state index contributed by atoms with van der Waals surface area (Å²) in [5.74, 6) is -2.07. The van der Waals surface area contributed by atoms with Crippen LogP contribution in [0.2, 0.25) is 0 Å². The standard InChI is InChI=1S/C6H14N4O4/c7-5(13)10(3-11)6(14)4(12)8-1-2-9-6/h4,8-9,11-12,14H,1-3H2,(H2,7,13). The van der Waals surface area contributed by atoms with Crippen LogP contribution in [0.5, 0.6) is 0 Å². The van der Waals surface area contributed by atoms with Gasteiger partial charge in [-0.25, -0.2) is 4.79 Å². The lowest BCUT2D eigenvalue weighted by Gasteiger charge is -2.43. The first-order valence-corrected chi connectivity index (χ1v) is 4.09. The fraction of sp³-hybridized carbons (Fsp3) is 0.833. The van der Waals surface area contributed by atoms with Crippen LogP contribution in [0.1, 0.15) is 0 Å². The van der Waals surface area contributed by atoms with Crippen LogP contribution < -0.4 is 16.4 Å². The van der Waals surface area contributed by atoms with E-state index in [0.717, 1.165) is 0 Å². The number of nitrogens with zero attached hydrogens (tertiary/aromatic N) is 1. The second kappa shape index (κ2) is 4.07. The number of hydrogen-bond acceptors (Lipinski definition) is 6. The first kappa shape index (κ1) is 11.1. The number of carbonyl (C=O) groups excluding carboxylic acids is 1. The molecular weight excluding hydrogens is 192 g/mol. The molecule has 1 fully saturated rings. The molecular formula is C6H14N4O4. The third kappa shape index (κ3) is 1.79. The molecule has 1 aliphatic heterocycles. The lowest BCUT2D eigenvalue weighted by atomic mass is 10.2. The molecule has 0 radical (unpaired) electrons. The van der Waals surface area contributed by atoms with Crippen LogP contribution in [-0.4, -0.2) is 58.1 Å². The van der Waals surface area contributed by atoms with E-state index in [2.05, 4.69) is 10.6 Å². The summed E-state index contributed by atoms with van der Waals surface area (Å²) >= 11 is 0. The van der Waals surface area contributed by atoms with Crippen LogP contribution in [0.3, 0.4) is 0 Å². The predicted molar refractivity (Wildman–Crippen MR) is 45.5 cm³/mol. The number of amides is 2. The lowest BCUT2D eigenvalue weighted by molar-refractivity contribution is -0.214. The minimum atomic E-state index is -2.07. The summed E-state index contributed by atoms with van der Waals surface area (Å²) < 4.78 is 0. The summed E-state index contributed by atoms with van der Waals surface area (Å²) in [4.78, 5) is 11.3. The van der Waals surface area contributed by atoms with Crippen molar-refractivity contribution in [1.29, 1.82) is 0 Å². The van der Waals surface area contributed by atoms with Crippen LogP contribution in [0.4, 0.5) is 4.79 Å². The monoisotopic (exact) mass is 206 g/mol. The highest BCUT2D eigenvalue weighted by Gasteiger charge is 2.45. The van der Waals surface area contributed by atoms with Crippen molar-refractivity contribution < 1.29 is 20.1 Å². The SMILES string of the molecule is NC(=O)N(CO)C1(O)NCCNC1O. The van der Waals surface area contributed by atoms with E-state index in [1.54, 1.807) is 0 Å². The third-order valence-electron chi connectivity index (χ3n) is 2.05. The average molecular weight is 206 g/mol. The highest BCUT2D eigenvalue weighted by Crippen LogP contribution is 2.13. The number of piperazine rings is 1. The van der Waals surface area contributed by atoms with Crippen LogP contribution >= 0.6 is 0 Å². The molecule has 1 rings (SSSR count). The van der Waals surface area contributed by atoms with Crippen LogP contribution in [0.25, 0.3) is 0 Å². The molecule has 8 nitrogen and oxygen atoms in total. The van der Waals surface area contributed by atoms with E-state index in [4.69, 9.17) is 10.8 Å². The third-order valence-corrected chi connectivity index (χ3v) is 2.05. The van der Waals surface area contributed by atoms with Gasteiger partial charge < -0.3 is 21.1 Å². The number of aliphatic hydroxyl groups is 3. The van der Waals surface area contributed by atoms with Gasteiger partial charge in [-0.3, -0.25) is 15.5 Å². The Bertz CT molecular complexity index is 226. The number of aliphatic hydroxyl groups excluding tert-OH is 2.